The van der Waals surface area contributed by atoms with Crippen molar-refractivity contribution in [1.29, 1.82) is 0 Å². The Kier molecular flexibility index (Phi) is 11.2. The number of aliphatic hydroxyl groups excluding tert-OH is 1. The molecule has 3 aromatic carbocycles. The molecule has 0 aliphatic heterocycles. The zero-order valence-corrected chi connectivity index (χ0v) is 25.3. The molecule has 1 fully saturated rings. The van der Waals surface area contributed by atoms with Crippen LogP contribution in [-0.4, -0.2) is 54.7 Å². The second-order valence-electron chi connectivity index (χ2n) is 10.9. The van der Waals surface area contributed by atoms with Crippen LogP contribution in [0, 0.1) is 0 Å². The molecule has 3 N–H and O–H groups in total. The summed E-state index contributed by atoms with van der Waals surface area (Å²) in [5, 5.41) is 20.2. The van der Waals surface area contributed by atoms with Crippen LogP contribution in [0.5, 0.6) is 5.75 Å². The average Bonchev–Trinajstić information content (AvgIpc) is 3.00. The minimum atomic E-state index is -4.11. The Morgan fingerprint density at radius 2 is 1.65 bits per heavy atom. The molecule has 1 aliphatic rings. The minimum absolute atomic E-state index is 0.0324. The maximum absolute atomic E-state index is 13.1. The predicted molar refractivity (Wildman–Crippen MR) is 164 cm³/mol. The first-order valence-electron chi connectivity index (χ1n) is 14.8. The number of ether oxygens (including phenoxy) is 1. The summed E-state index contributed by atoms with van der Waals surface area (Å²) in [7, 11) is -4.11. The van der Waals surface area contributed by atoms with Crippen molar-refractivity contribution in [3.05, 3.63) is 83.9 Å². The van der Waals surface area contributed by atoms with Crippen molar-refractivity contribution in [2.24, 2.45) is 0 Å². The summed E-state index contributed by atoms with van der Waals surface area (Å²) in [5.74, 6) is -0.332. The zero-order valence-electron chi connectivity index (χ0n) is 24.4. The van der Waals surface area contributed by atoms with Crippen LogP contribution >= 0.6 is 0 Å². The molecule has 9 nitrogen and oxygen atoms in total. The Hall–Kier alpha value is -3.89. The van der Waals surface area contributed by atoms with Crippen LogP contribution in [0.4, 0.5) is 4.79 Å². The third kappa shape index (κ3) is 9.05. The van der Waals surface area contributed by atoms with Crippen molar-refractivity contribution in [3.8, 4) is 16.9 Å². The topological polar surface area (TPSA) is 133 Å². The van der Waals surface area contributed by atoms with Crippen LogP contribution in [0.25, 0.3) is 11.1 Å². The van der Waals surface area contributed by atoms with Gasteiger partial charge in [0.15, 0.2) is 0 Å². The van der Waals surface area contributed by atoms with E-state index in [4.69, 9.17) is 4.74 Å². The minimum Gasteiger partial charge on any atom is -0.489 e. The largest absolute Gasteiger partial charge is 0.489 e. The van der Waals surface area contributed by atoms with E-state index in [1.54, 1.807) is 36.4 Å². The lowest BCUT2D eigenvalue weighted by atomic mass is 9.97. The van der Waals surface area contributed by atoms with E-state index < -0.39 is 28.1 Å². The van der Waals surface area contributed by atoms with Gasteiger partial charge < -0.3 is 19.8 Å². The fourth-order valence-corrected chi connectivity index (χ4v) is 6.36. The third-order valence-electron chi connectivity index (χ3n) is 7.61. The van der Waals surface area contributed by atoms with E-state index >= 15 is 0 Å². The van der Waals surface area contributed by atoms with Gasteiger partial charge in [-0.1, -0.05) is 74.0 Å². The maximum atomic E-state index is 13.1. The van der Waals surface area contributed by atoms with Gasteiger partial charge in [-0.05, 0) is 72.9 Å². The number of rotatable bonds is 13. The summed E-state index contributed by atoms with van der Waals surface area (Å²) in [4.78, 5) is 25.1. The van der Waals surface area contributed by atoms with Crippen LogP contribution in [0.2, 0.25) is 0 Å². The second kappa shape index (κ2) is 15.0. The summed E-state index contributed by atoms with van der Waals surface area (Å²) >= 11 is 0. The van der Waals surface area contributed by atoms with Crippen molar-refractivity contribution < 1.29 is 33.0 Å². The molecule has 10 heteroatoms. The monoisotopic (exact) mass is 608 g/mol. The normalized spacial score (nSPS) is 14.6. The number of amides is 2. The van der Waals surface area contributed by atoms with Crippen LogP contribution in [0.1, 0.15) is 69.1 Å². The Balaban J connectivity index is 1.49. The molecule has 4 rings (SSSR count). The van der Waals surface area contributed by atoms with Crippen LogP contribution in [0.15, 0.2) is 77.7 Å². The highest BCUT2D eigenvalue weighted by Gasteiger charge is 2.25. The van der Waals surface area contributed by atoms with E-state index in [2.05, 4.69) is 4.72 Å². The fourth-order valence-electron chi connectivity index (χ4n) is 5.23. The van der Waals surface area contributed by atoms with Gasteiger partial charge in [-0.3, -0.25) is 4.79 Å². The highest BCUT2D eigenvalue weighted by Crippen LogP contribution is 2.33. The number of aliphatic hydroxyl groups is 1. The molecule has 0 spiro atoms. The summed E-state index contributed by atoms with van der Waals surface area (Å²) < 4.78 is 34.6. The first-order valence-corrected chi connectivity index (χ1v) is 16.3. The third-order valence-corrected chi connectivity index (χ3v) is 9.02. The number of carbonyl (C=O) groups is 2. The molecule has 0 aromatic heterocycles. The quantitative estimate of drug-likeness (QED) is 0.219. The molecule has 0 radical (unpaired) electrons. The van der Waals surface area contributed by atoms with Gasteiger partial charge in [-0.25, -0.2) is 17.9 Å². The van der Waals surface area contributed by atoms with E-state index in [0.29, 0.717) is 18.4 Å². The van der Waals surface area contributed by atoms with Gasteiger partial charge in [0, 0.05) is 13.0 Å². The molecule has 230 valence electrons. The maximum Gasteiger partial charge on any atom is 0.407 e. The number of hydrogen-bond acceptors (Lipinski definition) is 6. The van der Waals surface area contributed by atoms with Crippen LogP contribution in [-0.2, 0) is 21.2 Å². The highest BCUT2D eigenvalue weighted by atomic mass is 32.2. The second-order valence-corrected chi connectivity index (χ2v) is 12.6. The lowest BCUT2D eigenvalue weighted by Crippen LogP contribution is -2.35. The van der Waals surface area contributed by atoms with Crippen molar-refractivity contribution in [2.75, 3.05) is 13.1 Å². The van der Waals surface area contributed by atoms with Crippen molar-refractivity contribution in [2.45, 2.75) is 75.4 Å². The standard InChI is InChI=1S/C33H40N2O7S/c1-2-9-32(37)34-43(40,41)31-19-18-27(22-30(31)42-28-12-7-4-8-13-28)25-16-14-24(15-17-25)20-21-35(33(38)39)23-29(36)26-10-5-3-6-11-26/h3,5-6,10-11,14-19,22,28-29,36H,2,4,7-9,12-13,20-21,23H2,1H3,(H,34,37)(H,38,39)/t29-/m0/s1. The molecule has 1 atom stereocenters. The Morgan fingerprint density at radius 1 is 0.977 bits per heavy atom. The summed E-state index contributed by atoms with van der Waals surface area (Å²) in [6.07, 6.45) is 3.84. The van der Waals surface area contributed by atoms with Gasteiger partial charge in [0.05, 0.1) is 18.8 Å². The van der Waals surface area contributed by atoms with Gasteiger partial charge in [0.2, 0.25) is 5.91 Å². The number of nitrogens with zero attached hydrogens (tertiary/aromatic N) is 1. The number of nitrogens with one attached hydrogen (secondary N) is 1. The van der Waals surface area contributed by atoms with Crippen molar-refractivity contribution in [3.63, 3.8) is 0 Å². The summed E-state index contributed by atoms with van der Waals surface area (Å²) in [6, 6.07) is 21.4. The zero-order chi connectivity index (χ0) is 30.8. The van der Waals surface area contributed by atoms with Gasteiger partial charge in [0.1, 0.15) is 10.6 Å². The van der Waals surface area contributed by atoms with Crippen LogP contribution < -0.4 is 9.46 Å². The number of sulfonamides is 1. The molecule has 1 aliphatic carbocycles. The Labute approximate surface area is 253 Å². The lowest BCUT2D eigenvalue weighted by molar-refractivity contribution is -0.119. The van der Waals surface area contributed by atoms with E-state index in [-0.39, 0.29) is 36.3 Å². The number of carbonyl (C=O) groups excluding carboxylic acids is 1. The van der Waals surface area contributed by atoms with Gasteiger partial charge in [0.25, 0.3) is 10.0 Å². The molecule has 0 heterocycles. The van der Waals surface area contributed by atoms with E-state index in [1.165, 1.54) is 11.0 Å². The summed E-state index contributed by atoms with van der Waals surface area (Å²) in [6.45, 7) is 1.99. The van der Waals surface area contributed by atoms with Crippen LogP contribution in [0.3, 0.4) is 0 Å². The SMILES string of the molecule is CCCC(=O)NS(=O)(=O)c1ccc(-c2ccc(CCN(C[C@H](O)c3ccccc3)C(=O)O)cc2)cc1OC1CCCCC1. The molecule has 3 aromatic rings. The molecule has 1 saturated carbocycles. The molecule has 0 unspecified atom stereocenters. The van der Waals surface area contributed by atoms with Gasteiger partial charge in [-0.15, -0.1) is 0 Å². The number of carboxylic acid groups (broad SMARTS) is 1. The van der Waals surface area contributed by atoms with Crippen molar-refractivity contribution in [1.82, 2.24) is 9.62 Å². The van der Waals surface area contributed by atoms with Gasteiger partial charge >= 0.3 is 6.09 Å². The lowest BCUT2D eigenvalue weighted by Gasteiger charge is -2.24. The smallest absolute Gasteiger partial charge is 0.407 e. The fraction of sp³-hybridized carbons (Fsp3) is 0.394. The molecular weight excluding hydrogens is 568 g/mol. The molecule has 0 bridgehead atoms. The predicted octanol–water partition coefficient (Wildman–Crippen LogP) is 5.93. The van der Waals surface area contributed by atoms with E-state index in [1.807, 2.05) is 37.3 Å². The first kappa shape index (κ1) is 32.0. The Morgan fingerprint density at radius 3 is 2.30 bits per heavy atom. The van der Waals surface area contributed by atoms with E-state index in [0.717, 1.165) is 48.8 Å². The molecule has 0 saturated heterocycles. The number of hydrogen-bond donors (Lipinski definition) is 3. The molecule has 2 amide bonds. The van der Waals surface area contributed by atoms with Gasteiger partial charge in [-0.2, -0.15) is 0 Å². The van der Waals surface area contributed by atoms with E-state index in [9.17, 15) is 28.2 Å². The molecule has 43 heavy (non-hydrogen) atoms. The summed E-state index contributed by atoms with van der Waals surface area (Å²) in [5.41, 5.74) is 3.17. The average molecular weight is 609 g/mol. The molecular formula is C33H40N2O7S. The Bertz CT molecular complexity index is 1470. The highest BCUT2D eigenvalue weighted by molar-refractivity contribution is 7.90. The van der Waals surface area contributed by atoms with Crippen molar-refractivity contribution >= 4 is 22.0 Å². The number of benzene rings is 3. The first-order chi connectivity index (χ1) is 20.7.